The molecule has 8 heteroatoms. The molecule has 0 spiro atoms. The summed E-state index contributed by atoms with van der Waals surface area (Å²) in [7, 11) is -1.61. The molecule has 1 aromatic carbocycles. The van der Waals surface area contributed by atoms with E-state index in [9.17, 15) is 8.42 Å². The molecule has 1 fully saturated rings. The van der Waals surface area contributed by atoms with Gasteiger partial charge in [0.15, 0.2) is 5.82 Å². The van der Waals surface area contributed by atoms with E-state index >= 15 is 0 Å². The Labute approximate surface area is 183 Å². The van der Waals surface area contributed by atoms with E-state index in [1.165, 1.54) is 0 Å². The molecule has 0 N–H and O–H groups in total. The van der Waals surface area contributed by atoms with Crippen LogP contribution in [0.2, 0.25) is 0 Å². The van der Waals surface area contributed by atoms with Gasteiger partial charge in [-0.1, -0.05) is 25.0 Å². The van der Waals surface area contributed by atoms with Crippen molar-refractivity contribution in [2.24, 2.45) is 0 Å². The van der Waals surface area contributed by atoms with Crippen LogP contribution in [0.4, 0.5) is 5.82 Å². The van der Waals surface area contributed by atoms with Crippen molar-refractivity contribution in [3.05, 3.63) is 60.1 Å². The van der Waals surface area contributed by atoms with Crippen LogP contribution in [0.1, 0.15) is 37.0 Å². The molecule has 1 saturated heterocycles. The first-order valence-corrected chi connectivity index (χ1v) is 12.1. The molecule has 1 aliphatic heterocycles. The normalized spacial score (nSPS) is 15.5. The molecule has 0 radical (unpaired) electrons. The Bertz CT molecular complexity index is 1100. The van der Waals surface area contributed by atoms with Crippen molar-refractivity contribution in [3.63, 3.8) is 0 Å². The summed E-state index contributed by atoms with van der Waals surface area (Å²) in [5.41, 5.74) is 2.13. The van der Waals surface area contributed by atoms with E-state index in [-0.39, 0.29) is 0 Å². The van der Waals surface area contributed by atoms with Crippen LogP contribution in [-0.2, 0) is 16.6 Å². The minimum Gasteiger partial charge on any atom is -0.467 e. The average molecular weight is 441 g/mol. The van der Waals surface area contributed by atoms with Gasteiger partial charge in [0.05, 0.1) is 23.4 Å². The van der Waals surface area contributed by atoms with Crippen molar-refractivity contribution in [2.45, 2.75) is 44.0 Å². The first-order valence-electron chi connectivity index (χ1n) is 10.6. The van der Waals surface area contributed by atoms with Crippen molar-refractivity contribution < 1.29 is 12.8 Å². The number of aromatic nitrogens is 2. The van der Waals surface area contributed by atoms with Crippen LogP contribution < -0.4 is 4.90 Å². The molecule has 164 valence electrons. The standard InChI is InChI=1S/C23H28N4O3S/c1-18-9-10-19(16-22(18)31(28,29)27-13-5-3-4-6-14-27)21-11-12-23(25-24-21)26(2)17-20-8-7-15-30-20/h7-12,15-16H,3-6,13-14,17H2,1-2H3. The molecule has 0 bridgehead atoms. The van der Waals surface area contributed by atoms with Crippen molar-refractivity contribution in [1.29, 1.82) is 0 Å². The fourth-order valence-corrected chi connectivity index (χ4v) is 5.63. The summed E-state index contributed by atoms with van der Waals surface area (Å²) in [5.74, 6) is 1.56. The summed E-state index contributed by atoms with van der Waals surface area (Å²) >= 11 is 0. The molecule has 7 nitrogen and oxygen atoms in total. The van der Waals surface area contributed by atoms with Gasteiger partial charge in [-0.25, -0.2) is 8.42 Å². The Morgan fingerprint density at radius 3 is 2.45 bits per heavy atom. The molecule has 31 heavy (non-hydrogen) atoms. The second-order valence-electron chi connectivity index (χ2n) is 8.01. The Kier molecular flexibility index (Phi) is 6.38. The lowest BCUT2D eigenvalue weighted by Gasteiger charge is -2.21. The molecule has 3 heterocycles. The third kappa shape index (κ3) is 4.80. The molecule has 4 rings (SSSR count). The van der Waals surface area contributed by atoms with Crippen LogP contribution >= 0.6 is 0 Å². The third-order valence-electron chi connectivity index (χ3n) is 5.68. The summed E-state index contributed by atoms with van der Waals surface area (Å²) in [6, 6.07) is 13.0. The van der Waals surface area contributed by atoms with Gasteiger partial charge in [-0.3, -0.25) is 0 Å². The Morgan fingerprint density at radius 1 is 1.03 bits per heavy atom. The molecule has 0 atom stereocenters. The number of hydrogen-bond donors (Lipinski definition) is 0. The number of aryl methyl sites for hydroxylation is 1. The summed E-state index contributed by atoms with van der Waals surface area (Å²) < 4.78 is 33.6. The number of benzene rings is 1. The number of rotatable bonds is 6. The average Bonchev–Trinajstić information content (AvgIpc) is 3.12. The second kappa shape index (κ2) is 9.20. The molecule has 2 aromatic heterocycles. The van der Waals surface area contributed by atoms with Crippen molar-refractivity contribution >= 4 is 15.8 Å². The number of furan rings is 1. The van der Waals surface area contributed by atoms with Crippen LogP contribution in [0, 0.1) is 6.92 Å². The Balaban J connectivity index is 1.57. The SMILES string of the molecule is Cc1ccc(-c2ccc(N(C)Cc3ccco3)nn2)cc1S(=O)(=O)N1CCCCCC1. The summed E-state index contributed by atoms with van der Waals surface area (Å²) in [6.45, 7) is 3.60. The lowest BCUT2D eigenvalue weighted by molar-refractivity contribution is 0.423. The van der Waals surface area contributed by atoms with Crippen LogP contribution in [0.25, 0.3) is 11.3 Å². The minimum atomic E-state index is -3.53. The van der Waals surface area contributed by atoms with E-state index in [1.54, 1.807) is 16.6 Å². The molecular weight excluding hydrogens is 412 g/mol. The first-order chi connectivity index (χ1) is 14.9. The van der Waals surface area contributed by atoms with Gasteiger partial charge in [0.1, 0.15) is 5.76 Å². The summed E-state index contributed by atoms with van der Waals surface area (Å²) in [5, 5.41) is 8.68. The monoisotopic (exact) mass is 440 g/mol. The van der Waals surface area contributed by atoms with Gasteiger partial charge in [0.25, 0.3) is 0 Å². The Hall–Kier alpha value is -2.71. The van der Waals surface area contributed by atoms with Crippen molar-refractivity contribution in [2.75, 3.05) is 25.0 Å². The minimum absolute atomic E-state index is 0.354. The number of nitrogens with zero attached hydrogens (tertiary/aromatic N) is 4. The maximum absolute atomic E-state index is 13.3. The van der Waals surface area contributed by atoms with Crippen molar-refractivity contribution in [3.8, 4) is 11.3 Å². The highest BCUT2D eigenvalue weighted by atomic mass is 32.2. The van der Waals surface area contributed by atoms with Crippen LogP contribution in [0.5, 0.6) is 0 Å². The fraction of sp³-hybridized carbons (Fsp3) is 0.391. The molecule has 0 unspecified atom stereocenters. The zero-order chi connectivity index (χ0) is 21.8. The van der Waals surface area contributed by atoms with E-state index in [0.29, 0.717) is 36.0 Å². The maximum Gasteiger partial charge on any atom is 0.243 e. The third-order valence-corrected chi connectivity index (χ3v) is 7.72. The van der Waals surface area contributed by atoms with Gasteiger partial charge in [0, 0.05) is 25.7 Å². The highest BCUT2D eigenvalue weighted by Gasteiger charge is 2.27. The molecule has 0 amide bonds. The molecule has 0 aliphatic carbocycles. The van der Waals surface area contributed by atoms with E-state index in [0.717, 1.165) is 42.6 Å². The summed E-state index contributed by atoms with van der Waals surface area (Å²) in [6.07, 6.45) is 5.64. The zero-order valence-electron chi connectivity index (χ0n) is 18.0. The topological polar surface area (TPSA) is 79.5 Å². The van der Waals surface area contributed by atoms with Crippen LogP contribution in [0.3, 0.4) is 0 Å². The van der Waals surface area contributed by atoms with Crippen LogP contribution in [-0.4, -0.2) is 43.1 Å². The van der Waals surface area contributed by atoms with Crippen LogP contribution in [0.15, 0.2) is 58.0 Å². The van der Waals surface area contributed by atoms with Crippen molar-refractivity contribution in [1.82, 2.24) is 14.5 Å². The van der Waals surface area contributed by atoms with E-state index < -0.39 is 10.0 Å². The van der Waals surface area contributed by atoms with Gasteiger partial charge < -0.3 is 9.32 Å². The van der Waals surface area contributed by atoms with Gasteiger partial charge in [0.2, 0.25) is 10.0 Å². The largest absolute Gasteiger partial charge is 0.467 e. The smallest absolute Gasteiger partial charge is 0.243 e. The lowest BCUT2D eigenvalue weighted by atomic mass is 10.1. The van der Waals surface area contributed by atoms with Gasteiger partial charge in [-0.05, 0) is 55.7 Å². The summed E-state index contributed by atoms with van der Waals surface area (Å²) in [4.78, 5) is 2.30. The quantitative estimate of drug-likeness (QED) is 0.570. The molecule has 1 aliphatic rings. The number of anilines is 1. The number of hydrogen-bond acceptors (Lipinski definition) is 6. The maximum atomic E-state index is 13.3. The van der Waals surface area contributed by atoms with Gasteiger partial charge >= 0.3 is 0 Å². The predicted octanol–water partition coefficient (Wildman–Crippen LogP) is 4.25. The second-order valence-corrected chi connectivity index (χ2v) is 9.92. The molecule has 0 saturated carbocycles. The van der Waals surface area contributed by atoms with E-state index in [1.807, 2.05) is 55.3 Å². The zero-order valence-corrected chi connectivity index (χ0v) is 18.8. The Morgan fingerprint density at radius 2 is 1.81 bits per heavy atom. The lowest BCUT2D eigenvalue weighted by Crippen LogP contribution is -2.32. The highest BCUT2D eigenvalue weighted by Crippen LogP contribution is 2.28. The number of sulfonamides is 1. The van der Waals surface area contributed by atoms with Gasteiger partial charge in [-0.15, -0.1) is 10.2 Å². The van der Waals surface area contributed by atoms with E-state index in [4.69, 9.17) is 4.42 Å². The molecule has 3 aromatic rings. The van der Waals surface area contributed by atoms with Gasteiger partial charge in [-0.2, -0.15) is 4.31 Å². The highest BCUT2D eigenvalue weighted by molar-refractivity contribution is 7.89. The first kappa shape index (κ1) is 21.5. The van der Waals surface area contributed by atoms with E-state index in [2.05, 4.69) is 10.2 Å². The molecular formula is C23H28N4O3S. The fourth-order valence-electron chi connectivity index (χ4n) is 3.86. The predicted molar refractivity (Wildman–Crippen MR) is 120 cm³/mol.